The molecule has 0 amide bonds. The van der Waals surface area contributed by atoms with Gasteiger partial charge in [-0.15, -0.1) is 11.3 Å². The van der Waals surface area contributed by atoms with Crippen molar-refractivity contribution in [3.8, 4) is 0 Å². The largest absolute Gasteiger partial charge is 0.381 e. The van der Waals surface area contributed by atoms with Crippen molar-refractivity contribution in [2.24, 2.45) is 10.7 Å². The average Bonchev–Trinajstić information content (AvgIpc) is 2.81. The molecule has 3 nitrogen and oxygen atoms in total. The van der Waals surface area contributed by atoms with Crippen LogP contribution in [0.15, 0.2) is 34.8 Å². The molecule has 1 aromatic heterocycles. The lowest BCUT2D eigenvalue weighted by molar-refractivity contribution is 0.626. The van der Waals surface area contributed by atoms with Crippen molar-refractivity contribution in [1.82, 2.24) is 4.98 Å². The Bertz CT molecular complexity index is 569. The van der Waals surface area contributed by atoms with Crippen molar-refractivity contribution in [3.05, 3.63) is 51.2 Å². The molecule has 0 saturated heterocycles. The molecule has 0 aliphatic carbocycles. The molecule has 0 unspecified atom stereocenters. The highest BCUT2D eigenvalue weighted by atomic mass is 35.5. The number of hydrogen-bond donors (Lipinski definition) is 1. The molecule has 6 heteroatoms. The van der Waals surface area contributed by atoms with Crippen LogP contribution in [-0.2, 0) is 0 Å². The summed E-state index contributed by atoms with van der Waals surface area (Å²) < 4.78 is 12.9. The van der Waals surface area contributed by atoms with E-state index in [0.717, 1.165) is 5.56 Å². The van der Waals surface area contributed by atoms with Crippen molar-refractivity contribution in [2.45, 2.75) is 13.0 Å². The Kier molecular flexibility index (Phi) is 3.93. The van der Waals surface area contributed by atoms with Gasteiger partial charge in [0.15, 0.2) is 10.8 Å². The first-order valence-corrected chi connectivity index (χ1v) is 6.52. The van der Waals surface area contributed by atoms with Crippen LogP contribution in [0.4, 0.5) is 4.39 Å². The standard InChI is InChI=1S/C12H11ClFN3S/c1-7(9-3-2-8(14)6-10(9)13)17-11(15)12-16-4-5-18-12/h2-7H,1H3,(H2,15,17)/t7-/m1/s1. The zero-order valence-corrected chi connectivity index (χ0v) is 11.2. The topological polar surface area (TPSA) is 51.3 Å². The summed E-state index contributed by atoms with van der Waals surface area (Å²) in [6.07, 6.45) is 1.66. The van der Waals surface area contributed by atoms with E-state index in [2.05, 4.69) is 9.98 Å². The summed E-state index contributed by atoms with van der Waals surface area (Å²) >= 11 is 7.38. The van der Waals surface area contributed by atoms with Gasteiger partial charge in [-0.25, -0.2) is 9.37 Å². The smallest absolute Gasteiger partial charge is 0.157 e. The number of thiazole rings is 1. The first kappa shape index (κ1) is 13.0. The van der Waals surface area contributed by atoms with Gasteiger partial charge < -0.3 is 5.73 Å². The van der Waals surface area contributed by atoms with E-state index in [1.165, 1.54) is 23.5 Å². The van der Waals surface area contributed by atoms with E-state index in [1.807, 2.05) is 12.3 Å². The fraction of sp³-hybridized carbons (Fsp3) is 0.167. The van der Waals surface area contributed by atoms with Crippen LogP contribution in [0.1, 0.15) is 23.5 Å². The quantitative estimate of drug-likeness (QED) is 0.693. The Morgan fingerprint density at radius 1 is 1.56 bits per heavy atom. The summed E-state index contributed by atoms with van der Waals surface area (Å²) in [7, 11) is 0. The Labute approximate surface area is 113 Å². The summed E-state index contributed by atoms with van der Waals surface area (Å²) in [5.74, 6) is -0.00860. The van der Waals surface area contributed by atoms with Crippen LogP contribution in [0, 0.1) is 5.82 Å². The monoisotopic (exact) mass is 283 g/mol. The van der Waals surface area contributed by atoms with Crippen molar-refractivity contribution in [2.75, 3.05) is 0 Å². The molecular weight excluding hydrogens is 273 g/mol. The van der Waals surface area contributed by atoms with Crippen LogP contribution >= 0.6 is 22.9 Å². The Morgan fingerprint density at radius 2 is 2.33 bits per heavy atom. The summed E-state index contributed by atoms with van der Waals surface area (Å²) in [4.78, 5) is 8.38. The van der Waals surface area contributed by atoms with Crippen molar-refractivity contribution in [1.29, 1.82) is 0 Å². The van der Waals surface area contributed by atoms with E-state index in [-0.39, 0.29) is 11.9 Å². The van der Waals surface area contributed by atoms with Gasteiger partial charge in [-0.1, -0.05) is 17.7 Å². The predicted molar refractivity (Wildman–Crippen MR) is 72.7 cm³/mol. The first-order chi connectivity index (χ1) is 8.58. The minimum atomic E-state index is -0.368. The van der Waals surface area contributed by atoms with Crippen molar-refractivity contribution < 1.29 is 4.39 Å². The highest BCUT2D eigenvalue weighted by molar-refractivity contribution is 7.11. The van der Waals surface area contributed by atoms with Crippen LogP contribution in [0.5, 0.6) is 0 Å². The molecule has 2 N–H and O–H groups in total. The minimum Gasteiger partial charge on any atom is -0.381 e. The average molecular weight is 284 g/mol. The van der Waals surface area contributed by atoms with E-state index in [4.69, 9.17) is 17.3 Å². The minimum absolute atomic E-state index is 0.248. The summed E-state index contributed by atoms with van der Waals surface area (Å²) in [5, 5.41) is 2.84. The molecule has 0 bridgehead atoms. The fourth-order valence-corrected chi connectivity index (χ4v) is 2.39. The summed E-state index contributed by atoms with van der Waals surface area (Å²) in [6.45, 7) is 1.85. The van der Waals surface area contributed by atoms with Crippen LogP contribution < -0.4 is 5.73 Å². The van der Waals surface area contributed by atoms with Crippen molar-refractivity contribution in [3.63, 3.8) is 0 Å². The Balaban J connectivity index is 2.26. The highest BCUT2D eigenvalue weighted by Crippen LogP contribution is 2.26. The second-order valence-electron chi connectivity index (χ2n) is 3.69. The number of halogens is 2. The first-order valence-electron chi connectivity index (χ1n) is 5.26. The molecule has 94 valence electrons. The normalized spacial score (nSPS) is 13.6. The number of hydrogen-bond acceptors (Lipinski definition) is 3. The number of amidine groups is 1. The zero-order valence-electron chi connectivity index (χ0n) is 9.60. The number of rotatable bonds is 3. The third-order valence-electron chi connectivity index (χ3n) is 2.40. The molecule has 0 aliphatic rings. The second kappa shape index (κ2) is 5.46. The third-order valence-corrected chi connectivity index (χ3v) is 3.52. The molecule has 0 aliphatic heterocycles. The van der Waals surface area contributed by atoms with Crippen LogP contribution in [0.25, 0.3) is 0 Å². The molecule has 1 aromatic carbocycles. The van der Waals surface area contributed by atoms with Gasteiger partial charge in [-0.2, -0.15) is 0 Å². The second-order valence-corrected chi connectivity index (χ2v) is 5.00. The maximum Gasteiger partial charge on any atom is 0.157 e. The number of aromatic nitrogens is 1. The van der Waals surface area contributed by atoms with Gasteiger partial charge in [0.25, 0.3) is 0 Å². The van der Waals surface area contributed by atoms with Gasteiger partial charge in [0, 0.05) is 16.6 Å². The molecule has 2 aromatic rings. The summed E-state index contributed by atoms with van der Waals surface area (Å²) in [6, 6.07) is 3.98. The molecule has 1 atom stereocenters. The number of aliphatic imine (C=N–C) groups is 1. The third kappa shape index (κ3) is 2.86. The maximum atomic E-state index is 12.9. The number of benzene rings is 1. The van der Waals surface area contributed by atoms with Crippen LogP contribution in [-0.4, -0.2) is 10.8 Å². The molecule has 0 spiro atoms. The lowest BCUT2D eigenvalue weighted by Crippen LogP contribution is -2.14. The fourth-order valence-electron chi connectivity index (χ4n) is 1.52. The van der Waals surface area contributed by atoms with E-state index in [9.17, 15) is 4.39 Å². The van der Waals surface area contributed by atoms with Gasteiger partial charge >= 0.3 is 0 Å². The molecule has 1 heterocycles. The van der Waals surface area contributed by atoms with Gasteiger partial charge in [-0.3, -0.25) is 4.99 Å². The van der Waals surface area contributed by atoms with Crippen molar-refractivity contribution >= 4 is 28.8 Å². The maximum absolute atomic E-state index is 12.9. The Hall–Kier alpha value is -1.46. The SMILES string of the molecule is C[C@@H](N=C(N)c1nccs1)c1ccc(F)cc1Cl. The molecular formula is C12H11ClFN3S. The van der Waals surface area contributed by atoms with Gasteiger partial charge in [0.05, 0.1) is 6.04 Å². The Morgan fingerprint density at radius 3 is 2.94 bits per heavy atom. The van der Waals surface area contributed by atoms with Crippen LogP contribution in [0.3, 0.4) is 0 Å². The number of nitrogens with zero attached hydrogens (tertiary/aromatic N) is 2. The van der Waals surface area contributed by atoms with Gasteiger partial charge in [-0.05, 0) is 24.6 Å². The molecule has 18 heavy (non-hydrogen) atoms. The molecule has 0 fully saturated rings. The zero-order chi connectivity index (χ0) is 13.1. The van der Waals surface area contributed by atoms with E-state index in [0.29, 0.717) is 15.9 Å². The van der Waals surface area contributed by atoms with E-state index in [1.54, 1.807) is 12.3 Å². The van der Waals surface area contributed by atoms with E-state index < -0.39 is 0 Å². The van der Waals surface area contributed by atoms with Gasteiger partial charge in [0.1, 0.15) is 5.82 Å². The predicted octanol–water partition coefficient (Wildman–Crippen LogP) is 3.40. The number of nitrogens with two attached hydrogens (primary N) is 1. The highest BCUT2D eigenvalue weighted by Gasteiger charge is 2.11. The van der Waals surface area contributed by atoms with Crippen LogP contribution in [0.2, 0.25) is 5.02 Å². The van der Waals surface area contributed by atoms with Gasteiger partial charge in [0.2, 0.25) is 0 Å². The lowest BCUT2D eigenvalue weighted by Gasteiger charge is -2.09. The summed E-state index contributed by atoms with van der Waals surface area (Å²) in [5.41, 5.74) is 6.57. The molecule has 0 radical (unpaired) electrons. The lowest BCUT2D eigenvalue weighted by atomic mass is 10.1. The molecule has 2 rings (SSSR count). The molecule has 0 saturated carbocycles. The van der Waals surface area contributed by atoms with E-state index >= 15 is 0 Å².